The number of aliphatic carboxylic acids is 1. The van der Waals surface area contributed by atoms with Crippen molar-refractivity contribution in [2.24, 2.45) is 11.8 Å². The third-order valence-corrected chi connectivity index (χ3v) is 5.19. The van der Waals surface area contributed by atoms with E-state index in [1.807, 2.05) is 30.3 Å². The van der Waals surface area contributed by atoms with Crippen molar-refractivity contribution >= 4 is 23.6 Å². The number of hydrogen-bond donors (Lipinski definition) is 1. The molecule has 0 radical (unpaired) electrons. The predicted octanol–water partition coefficient (Wildman–Crippen LogP) is 0.580. The molecule has 1 aromatic carbocycles. The van der Waals surface area contributed by atoms with Crippen LogP contribution in [-0.4, -0.2) is 64.7 Å². The van der Waals surface area contributed by atoms with Crippen LogP contribution in [0.3, 0.4) is 0 Å². The van der Waals surface area contributed by atoms with Crippen LogP contribution in [0.25, 0.3) is 0 Å². The lowest BCUT2D eigenvalue weighted by atomic mass is 9.86. The van der Waals surface area contributed by atoms with Gasteiger partial charge in [0.15, 0.2) is 0 Å². The zero-order valence-electron chi connectivity index (χ0n) is 14.5. The highest BCUT2D eigenvalue weighted by atomic mass is 16.4. The lowest BCUT2D eigenvalue weighted by Crippen LogP contribution is -2.37. The van der Waals surface area contributed by atoms with Crippen molar-refractivity contribution in [1.29, 1.82) is 0 Å². The molecule has 1 aromatic rings. The smallest absolute Gasteiger partial charge is 0.372 e. The molecule has 2 saturated heterocycles. The van der Waals surface area contributed by atoms with Crippen molar-refractivity contribution in [3.8, 4) is 0 Å². The minimum atomic E-state index is -1.50. The molecule has 0 saturated carbocycles. The van der Waals surface area contributed by atoms with E-state index >= 15 is 0 Å². The Balaban J connectivity index is 1.72. The molecule has 7 heteroatoms. The standard InChI is InChI=1S/C19H22N2O5/c22-16-7-4-8-20(16)9-10-21-12-15(17(23)19(25)26)14(18(21)24)11-13-5-2-1-3-6-13/h1-3,5-6,14-15H,4,7-12H2,(H,25,26)/t14-,15+/m1/s1. The van der Waals surface area contributed by atoms with Crippen LogP contribution >= 0.6 is 0 Å². The molecular weight excluding hydrogens is 336 g/mol. The van der Waals surface area contributed by atoms with Crippen molar-refractivity contribution in [3.63, 3.8) is 0 Å². The zero-order valence-corrected chi connectivity index (χ0v) is 14.5. The van der Waals surface area contributed by atoms with E-state index in [1.54, 1.807) is 4.90 Å². The molecule has 3 rings (SSSR count). The molecule has 0 aromatic heterocycles. The van der Waals surface area contributed by atoms with Gasteiger partial charge in [0.05, 0.1) is 11.8 Å². The summed E-state index contributed by atoms with van der Waals surface area (Å²) in [6.07, 6.45) is 1.69. The molecule has 26 heavy (non-hydrogen) atoms. The van der Waals surface area contributed by atoms with Crippen LogP contribution in [-0.2, 0) is 25.6 Å². The summed E-state index contributed by atoms with van der Waals surface area (Å²) in [4.78, 5) is 51.1. The Labute approximate surface area is 151 Å². The number of carboxylic acids is 1. The first-order chi connectivity index (χ1) is 12.5. The lowest BCUT2D eigenvalue weighted by molar-refractivity contribution is -0.151. The van der Waals surface area contributed by atoms with E-state index in [-0.39, 0.29) is 18.4 Å². The number of carboxylic acid groups (broad SMARTS) is 1. The summed E-state index contributed by atoms with van der Waals surface area (Å²) >= 11 is 0. The second-order valence-electron chi connectivity index (χ2n) is 6.84. The fraction of sp³-hybridized carbons (Fsp3) is 0.474. The monoisotopic (exact) mass is 358 g/mol. The Morgan fingerprint density at radius 3 is 2.38 bits per heavy atom. The molecule has 2 atom stereocenters. The van der Waals surface area contributed by atoms with Gasteiger partial charge in [-0.2, -0.15) is 0 Å². The number of hydrogen-bond acceptors (Lipinski definition) is 4. The number of nitrogens with zero attached hydrogens (tertiary/aromatic N) is 2. The number of ketones is 1. The largest absolute Gasteiger partial charge is 0.475 e. The molecule has 0 bridgehead atoms. The summed E-state index contributed by atoms with van der Waals surface area (Å²) in [6, 6.07) is 9.28. The second-order valence-corrected chi connectivity index (χ2v) is 6.84. The maximum atomic E-state index is 12.8. The van der Waals surface area contributed by atoms with Crippen LogP contribution in [0.15, 0.2) is 30.3 Å². The molecule has 2 fully saturated rings. The lowest BCUT2D eigenvalue weighted by Gasteiger charge is -2.21. The summed E-state index contributed by atoms with van der Waals surface area (Å²) in [5, 5.41) is 9.10. The molecule has 2 aliphatic heterocycles. The molecular formula is C19H22N2O5. The summed E-state index contributed by atoms with van der Waals surface area (Å²) in [5.74, 6) is -4.07. The Morgan fingerprint density at radius 1 is 1.08 bits per heavy atom. The maximum absolute atomic E-state index is 12.8. The van der Waals surface area contributed by atoms with Gasteiger partial charge < -0.3 is 14.9 Å². The Kier molecular flexibility index (Phi) is 5.35. The van der Waals surface area contributed by atoms with Crippen LogP contribution in [0, 0.1) is 11.8 Å². The zero-order chi connectivity index (χ0) is 18.7. The van der Waals surface area contributed by atoms with Crippen molar-refractivity contribution in [2.75, 3.05) is 26.2 Å². The number of likely N-dealkylation sites (tertiary alicyclic amines) is 2. The Hall–Kier alpha value is -2.70. The molecule has 2 aliphatic rings. The van der Waals surface area contributed by atoms with Gasteiger partial charge in [-0.1, -0.05) is 30.3 Å². The summed E-state index contributed by atoms with van der Waals surface area (Å²) in [7, 11) is 0. The highest BCUT2D eigenvalue weighted by Gasteiger charge is 2.45. The normalized spacial score (nSPS) is 22.9. The highest BCUT2D eigenvalue weighted by Crippen LogP contribution is 2.29. The fourth-order valence-corrected chi connectivity index (χ4v) is 3.77. The van der Waals surface area contributed by atoms with Gasteiger partial charge in [0, 0.05) is 32.6 Å². The molecule has 2 amide bonds. The van der Waals surface area contributed by atoms with Gasteiger partial charge in [-0.3, -0.25) is 14.4 Å². The molecule has 0 unspecified atom stereocenters. The number of carbonyl (C=O) groups is 4. The van der Waals surface area contributed by atoms with Gasteiger partial charge in [0.2, 0.25) is 17.6 Å². The van der Waals surface area contributed by atoms with Crippen molar-refractivity contribution in [1.82, 2.24) is 9.80 Å². The Morgan fingerprint density at radius 2 is 1.77 bits per heavy atom. The van der Waals surface area contributed by atoms with E-state index in [9.17, 15) is 19.2 Å². The maximum Gasteiger partial charge on any atom is 0.372 e. The second kappa shape index (κ2) is 7.68. The number of rotatable bonds is 7. The average Bonchev–Trinajstić information content (AvgIpc) is 3.17. The minimum Gasteiger partial charge on any atom is -0.475 e. The van der Waals surface area contributed by atoms with Gasteiger partial charge in [-0.25, -0.2) is 4.79 Å². The molecule has 0 spiro atoms. The minimum absolute atomic E-state index is 0.0793. The Bertz CT molecular complexity index is 718. The number of benzene rings is 1. The molecule has 2 heterocycles. The van der Waals surface area contributed by atoms with E-state index in [1.165, 1.54) is 4.90 Å². The quantitative estimate of drug-likeness (QED) is 0.720. The number of amides is 2. The fourth-order valence-electron chi connectivity index (χ4n) is 3.77. The van der Waals surface area contributed by atoms with Gasteiger partial charge in [-0.05, 0) is 18.4 Å². The molecule has 0 aliphatic carbocycles. The van der Waals surface area contributed by atoms with E-state index in [0.717, 1.165) is 12.0 Å². The van der Waals surface area contributed by atoms with E-state index in [2.05, 4.69) is 0 Å². The SMILES string of the molecule is O=C(O)C(=O)[C@H]1CN(CCN2CCCC2=O)C(=O)[C@@H]1Cc1ccccc1. The highest BCUT2D eigenvalue weighted by molar-refractivity contribution is 6.34. The van der Waals surface area contributed by atoms with Gasteiger partial charge in [-0.15, -0.1) is 0 Å². The van der Waals surface area contributed by atoms with E-state index < -0.39 is 23.6 Å². The van der Waals surface area contributed by atoms with E-state index in [0.29, 0.717) is 32.5 Å². The molecule has 138 valence electrons. The number of carbonyl (C=O) groups excluding carboxylic acids is 3. The van der Waals surface area contributed by atoms with Crippen LogP contribution in [0.4, 0.5) is 0 Å². The third-order valence-electron chi connectivity index (χ3n) is 5.19. The first-order valence-electron chi connectivity index (χ1n) is 8.85. The van der Waals surface area contributed by atoms with Crippen molar-refractivity contribution < 1.29 is 24.3 Å². The first-order valence-corrected chi connectivity index (χ1v) is 8.85. The molecule has 7 nitrogen and oxygen atoms in total. The van der Waals surface area contributed by atoms with Gasteiger partial charge >= 0.3 is 5.97 Å². The van der Waals surface area contributed by atoms with Crippen LogP contribution in [0.2, 0.25) is 0 Å². The van der Waals surface area contributed by atoms with Crippen LogP contribution in [0.1, 0.15) is 18.4 Å². The predicted molar refractivity (Wildman–Crippen MR) is 92.2 cm³/mol. The third kappa shape index (κ3) is 3.76. The molecule has 1 N–H and O–H groups in total. The van der Waals surface area contributed by atoms with Crippen molar-refractivity contribution in [3.05, 3.63) is 35.9 Å². The average molecular weight is 358 g/mol. The summed E-state index contributed by atoms with van der Waals surface area (Å²) in [5.41, 5.74) is 0.894. The number of Topliss-reactive ketones (excluding diaryl/α,β-unsaturated/α-hetero) is 1. The van der Waals surface area contributed by atoms with Crippen LogP contribution in [0.5, 0.6) is 0 Å². The van der Waals surface area contributed by atoms with E-state index in [4.69, 9.17) is 5.11 Å². The first kappa shape index (κ1) is 18.1. The summed E-state index contributed by atoms with van der Waals surface area (Å²) in [6.45, 7) is 1.55. The summed E-state index contributed by atoms with van der Waals surface area (Å²) < 4.78 is 0. The van der Waals surface area contributed by atoms with Gasteiger partial charge in [0.25, 0.3) is 0 Å². The van der Waals surface area contributed by atoms with Gasteiger partial charge in [0.1, 0.15) is 0 Å². The topological polar surface area (TPSA) is 95.0 Å². The van der Waals surface area contributed by atoms with Crippen molar-refractivity contribution in [2.45, 2.75) is 19.3 Å². The van der Waals surface area contributed by atoms with Crippen LogP contribution < -0.4 is 0 Å².